The van der Waals surface area contributed by atoms with Crippen molar-refractivity contribution in [2.75, 3.05) is 13.1 Å². The van der Waals surface area contributed by atoms with E-state index in [1.165, 1.54) is 12.1 Å². The zero-order valence-corrected chi connectivity index (χ0v) is 14.0. The van der Waals surface area contributed by atoms with Crippen molar-refractivity contribution in [3.8, 4) is 0 Å². The number of H-pyrrole nitrogens is 1. The van der Waals surface area contributed by atoms with Crippen LogP contribution in [0.15, 0.2) is 30.6 Å². The van der Waals surface area contributed by atoms with Crippen LogP contribution in [0.3, 0.4) is 0 Å². The Hall–Kier alpha value is -2.67. The maximum Gasteiger partial charge on any atom is 0.230 e. The molecule has 0 bridgehead atoms. The van der Waals surface area contributed by atoms with Crippen LogP contribution < -0.4 is 10.6 Å². The smallest absolute Gasteiger partial charge is 0.230 e. The summed E-state index contributed by atoms with van der Waals surface area (Å²) in [6, 6.07) is 4.68. The molecule has 7 heteroatoms. The number of benzene rings is 1. The Morgan fingerprint density at radius 3 is 3.24 bits per heavy atom. The van der Waals surface area contributed by atoms with Gasteiger partial charge in [-0.1, -0.05) is 0 Å². The van der Waals surface area contributed by atoms with E-state index in [2.05, 4.69) is 20.7 Å². The van der Waals surface area contributed by atoms with Crippen LogP contribution in [0, 0.1) is 5.82 Å². The summed E-state index contributed by atoms with van der Waals surface area (Å²) in [6.45, 7) is 1.84. The number of nitrogens with one attached hydrogen (secondary N) is 3. The molecule has 25 heavy (non-hydrogen) atoms. The van der Waals surface area contributed by atoms with Gasteiger partial charge in [0.05, 0.1) is 11.6 Å². The molecule has 130 valence electrons. The molecule has 0 unspecified atom stereocenters. The van der Waals surface area contributed by atoms with Gasteiger partial charge in [-0.25, -0.2) is 4.39 Å². The number of carbonyl (C=O) groups excluding carboxylic acids is 1. The van der Waals surface area contributed by atoms with Crippen molar-refractivity contribution in [2.24, 2.45) is 7.05 Å². The predicted molar refractivity (Wildman–Crippen MR) is 92.6 cm³/mol. The van der Waals surface area contributed by atoms with Crippen molar-refractivity contribution >= 4 is 16.8 Å². The fourth-order valence-corrected chi connectivity index (χ4v) is 3.45. The van der Waals surface area contributed by atoms with Gasteiger partial charge in [0.15, 0.2) is 0 Å². The Labute approximate surface area is 144 Å². The standard InChI is InChI=1S/C18H20FN5O/c1-24-10-12-7-20-9-15(17(12)23-24)18(25)21-5-4-11-8-22-16-3-2-13(19)6-14(11)16/h2-3,6,8,10,15,20,22H,4-5,7,9H2,1H3,(H,21,25)/t15-/m0/s1. The molecule has 0 spiro atoms. The summed E-state index contributed by atoms with van der Waals surface area (Å²) >= 11 is 0. The number of halogens is 1. The number of nitrogens with zero attached hydrogens (tertiary/aromatic N) is 2. The number of aromatic nitrogens is 3. The summed E-state index contributed by atoms with van der Waals surface area (Å²) < 4.78 is 15.2. The maximum atomic E-state index is 13.4. The molecule has 3 heterocycles. The second-order valence-corrected chi connectivity index (χ2v) is 6.44. The zero-order valence-electron chi connectivity index (χ0n) is 14.0. The molecule has 2 aromatic heterocycles. The molecule has 0 radical (unpaired) electrons. The first-order valence-corrected chi connectivity index (χ1v) is 8.38. The van der Waals surface area contributed by atoms with Crippen LogP contribution >= 0.6 is 0 Å². The first-order chi connectivity index (χ1) is 12.1. The highest BCUT2D eigenvalue weighted by Gasteiger charge is 2.29. The van der Waals surface area contributed by atoms with Gasteiger partial charge in [-0.3, -0.25) is 9.48 Å². The predicted octanol–water partition coefficient (Wildman–Crippen LogP) is 1.59. The van der Waals surface area contributed by atoms with Crippen LogP contribution in [-0.2, 0) is 24.8 Å². The van der Waals surface area contributed by atoms with Crippen LogP contribution in [0.1, 0.15) is 22.7 Å². The molecule has 1 aromatic carbocycles. The molecular weight excluding hydrogens is 321 g/mol. The summed E-state index contributed by atoms with van der Waals surface area (Å²) in [4.78, 5) is 15.7. The number of carbonyl (C=O) groups is 1. The molecule has 3 N–H and O–H groups in total. The minimum absolute atomic E-state index is 0.0295. The third-order valence-electron chi connectivity index (χ3n) is 4.67. The summed E-state index contributed by atoms with van der Waals surface area (Å²) in [6.07, 6.45) is 4.46. The number of fused-ring (bicyclic) bond motifs is 2. The van der Waals surface area contributed by atoms with E-state index in [1.807, 2.05) is 19.4 Å². The Kier molecular flexibility index (Phi) is 4.01. The average Bonchev–Trinajstić information content (AvgIpc) is 3.16. The van der Waals surface area contributed by atoms with Crippen molar-refractivity contribution in [2.45, 2.75) is 18.9 Å². The Morgan fingerprint density at radius 2 is 2.36 bits per heavy atom. The number of rotatable bonds is 4. The molecule has 1 aliphatic rings. The van der Waals surface area contributed by atoms with Gasteiger partial charge in [0.25, 0.3) is 0 Å². The molecule has 0 fully saturated rings. The molecule has 1 atom stereocenters. The van der Waals surface area contributed by atoms with Gasteiger partial charge in [0.2, 0.25) is 5.91 Å². The number of aryl methyl sites for hydroxylation is 1. The van der Waals surface area contributed by atoms with Crippen LogP contribution in [-0.4, -0.2) is 33.8 Å². The normalized spacial score (nSPS) is 16.8. The van der Waals surface area contributed by atoms with E-state index in [0.717, 1.165) is 34.3 Å². The first-order valence-electron chi connectivity index (χ1n) is 8.38. The average molecular weight is 341 g/mol. The van der Waals surface area contributed by atoms with Crippen LogP contribution in [0.25, 0.3) is 10.9 Å². The highest BCUT2D eigenvalue weighted by molar-refractivity contribution is 5.85. The molecule has 3 aromatic rings. The second-order valence-electron chi connectivity index (χ2n) is 6.44. The number of hydrogen-bond acceptors (Lipinski definition) is 3. The monoisotopic (exact) mass is 341 g/mol. The lowest BCUT2D eigenvalue weighted by atomic mass is 9.97. The van der Waals surface area contributed by atoms with E-state index in [-0.39, 0.29) is 17.6 Å². The molecule has 4 rings (SSSR count). The van der Waals surface area contributed by atoms with Crippen molar-refractivity contribution in [3.05, 3.63) is 53.2 Å². The largest absolute Gasteiger partial charge is 0.361 e. The van der Waals surface area contributed by atoms with E-state index in [0.29, 0.717) is 19.5 Å². The highest BCUT2D eigenvalue weighted by atomic mass is 19.1. The minimum Gasteiger partial charge on any atom is -0.361 e. The Balaban J connectivity index is 1.42. The molecule has 0 saturated heterocycles. The lowest BCUT2D eigenvalue weighted by Gasteiger charge is -2.21. The maximum absolute atomic E-state index is 13.4. The molecule has 6 nitrogen and oxygen atoms in total. The summed E-state index contributed by atoms with van der Waals surface area (Å²) in [5.74, 6) is -0.558. The Morgan fingerprint density at radius 1 is 1.48 bits per heavy atom. The fourth-order valence-electron chi connectivity index (χ4n) is 3.45. The third kappa shape index (κ3) is 3.02. The highest BCUT2D eigenvalue weighted by Crippen LogP contribution is 2.23. The quantitative estimate of drug-likeness (QED) is 0.675. The van der Waals surface area contributed by atoms with E-state index in [9.17, 15) is 9.18 Å². The topological polar surface area (TPSA) is 74.7 Å². The van der Waals surface area contributed by atoms with Crippen molar-refractivity contribution in [3.63, 3.8) is 0 Å². The number of aromatic amines is 1. The van der Waals surface area contributed by atoms with Gasteiger partial charge in [0.1, 0.15) is 5.82 Å². The number of hydrogen-bond donors (Lipinski definition) is 3. The van der Waals surface area contributed by atoms with Gasteiger partial charge >= 0.3 is 0 Å². The van der Waals surface area contributed by atoms with E-state index in [4.69, 9.17) is 0 Å². The summed E-state index contributed by atoms with van der Waals surface area (Å²) in [5.41, 5.74) is 3.82. The van der Waals surface area contributed by atoms with Crippen LogP contribution in [0.2, 0.25) is 0 Å². The summed E-state index contributed by atoms with van der Waals surface area (Å²) in [7, 11) is 1.86. The molecule has 1 amide bonds. The minimum atomic E-state index is -0.273. The van der Waals surface area contributed by atoms with Gasteiger partial charge in [0, 0.05) is 55.5 Å². The van der Waals surface area contributed by atoms with Crippen molar-refractivity contribution < 1.29 is 9.18 Å². The van der Waals surface area contributed by atoms with Gasteiger partial charge in [-0.05, 0) is 30.2 Å². The summed E-state index contributed by atoms with van der Waals surface area (Å²) in [5, 5.41) is 11.5. The molecule has 0 saturated carbocycles. The van der Waals surface area contributed by atoms with E-state index < -0.39 is 0 Å². The lowest BCUT2D eigenvalue weighted by molar-refractivity contribution is -0.122. The van der Waals surface area contributed by atoms with Gasteiger partial charge in [-0.2, -0.15) is 5.10 Å². The van der Waals surface area contributed by atoms with E-state index >= 15 is 0 Å². The van der Waals surface area contributed by atoms with Gasteiger partial charge < -0.3 is 15.6 Å². The molecular formula is C18H20FN5O. The molecule has 0 aliphatic carbocycles. The SMILES string of the molecule is Cn1cc2c(n1)[C@@H](C(=O)NCCc1c[nH]c3ccc(F)cc13)CNC2. The first kappa shape index (κ1) is 15.8. The van der Waals surface area contributed by atoms with Gasteiger partial charge in [-0.15, -0.1) is 0 Å². The van der Waals surface area contributed by atoms with E-state index in [1.54, 1.807) is 10.7 Å². The fraction of sp³-hybridized carbons (Fsp3) is 0.333. The van der Waals surface area contributed by atoms with Crippen molar-refractivity contribution in [1.29, 1.82) is 0 Å². The zero-order chi connectivity index (χ0) is 17.4. The van der Waals surface area contributed by atoms with Crippen LogP contribution in [0.5, 0.6) is 0 Å². The Bertz CT molecular complexity index is 929. The van der Waals surface area contributed by atoms with Crippen LogP contribution in [0.4, 0.5) is 4.39 Å². The third-order valence-corrected chi connectivity index (χ3v) is 4.67. The number of amides is 1. The molecule has 1 aliphatic heterocycles. The second kappa shape index (κ2) is 6.33. The van der Waals surface area contributed by atoms with Crippen molar-refractivity contribution in [1.82, 2.24) is 25.4 Å². The lowest BCUT2D eigenvalue weighted by Crippen LogP contribution is -2.39.